The van der Waals surface area contributed by atoms with Crippen LogP contribution in [0.1, 0.15) is 37.2 Å². The molecule has 4 heteroatoms. The summed E-state index contributed by atoms with van der Waals surface area (Å²) in [4.78, 5) is 15.0. The molecule has 4 rings (SSSR count). The Hall–Kier alpha value is -0.570. The summed E-state index contributed by atoms with van der Waals surface area (Å²) in [6, 6.07) is 7.00. The molecule has 3 fully saturated rings. The van der Waals surface area contributed by atoms with E-state index in [1.54, 1.807) is 0 Å². The summed E-state index contributed by atoms with van der Waals surface area (Å²) in [7, 11) is 0. The lowest BCUT2D eigenvalue weighted by molar-refractivity contribution is -0.132. The molecule has 3 heterocycles. The zero-order chi connectivity index (χ0) is 13.9. The lowest BCUT2D eigenvalue weighted by Crippen LogP contribution is -2.55. The maximum absolute atomic E-state index is 12.4. The van der Waals surface area contributed by atoms with Crippen molar-refractivity contribution in [2.75, 3.05) is 6.54 Å². The molecular weight excluding hydrogens is 293 g/mol. The molecule has 0 N–H and O–H groups in total. The fraction of sp³-hybridized carbons (Fsp3) is 0.562. The van der Waals surface area contributed by atoms with Crippen molar-refractivity contribution in [3.63, 3.8) is 0 Å². The highest BCUT2D eigenvalue weighted by Crippen LogP contribution is 2.50. The SMILES string of the molecule is O=C1CCN2[C@H]3CC[C@@H]2[C@H]1[C@@H](c1ccc(Cl)c(Cl)c1)C3. The molecule has 0 aromatic heterocycles. The van der Waals surface area contributed by atoms with E-state index in [-0.39, 0.29) is 5.92 Å². The molecule has 0 spiro atoms. The molecule has 1 aromatic carbocycles. The second-order valence-corrected chi connectivity index (χ2v) is 7.11. The van der Waals surface area contributed by atoms with Crippen molar-refractivity contribution in [3.05, 3.63) is 33.8 Å². The standard InChI is InChI=1S/C16H17Cl2NO/c17-12-3-1-9(7-13(12)18)11-8-10-2-4-14-16(11)15(20)5-6-19(10)14/h1,3,7,10-11,14,16H,2,4-6,8H2/t10-,11+,14+,16+/m0/s1. The third-order valence-electron chi connectivity index (χ3n) is 5.42. The van der Waals surface area contributed by atoms with Gasteiger partial charge in [0.15, 0.2) is 0 Å². The normalized spacial score (nSPS) is 39.1. The van der Waals surface area contributed by atoms with Crippen molar-refractivity contribution in [2.45, 2.75) is 43.7 Å². The Morgan fingerprint density at radius 3 is 2.80 bits per heavy atom. The van der Waals surface area contributed by atoms with Gasteiger partial charge in [0.05, 0.1) is 10.0 Å². The van der Waals surface area contributed by atoms with E-state index < -0.39 is 0 Å². The van der Waals surface area contributed by atoms with Crippen LogP contribution in [0.15, 0.2) is 18.2 Å². The number of nitrogens with zero attached hydrogens (tertiary/aromatic N) is 1. The summed E-state index contributed by atoms with van der Waals surface area (Å²) in [6.45, 7) is 0.971. The van der Waals surface area contributed by atoms with E-state index in [0.29, 0.717) is 33.8 Å². The van der Waals surface area contributed by atoms with Gasteiger partial charge in [-0.25, -0.2) is 0 Å². The van der Waals surface area contributed by atoms with Crippen molar-refractivity contribution in [1.82, 2.24) is 4.90 Å². The zero-order valence-corrected chi connectivity index (χ0v) is 12.7. The minimum Gasteiger partial charge on any atom is -0.299 e. The third-order valence-corrected chi connectivity index (χ3v) is 6.16. The van der Waals surface area contributed by atoms with Crippen LogP contribution in [0.3, 0.4) is 0 Å². The molecular formula is C16H17Cl2NO. The van der Waals surface area contributed by atoms with E-state index in [4.69, 9.17) is 23.2 Å². The molecule has 3 aliphatic rings. The Morgan fingerprint density at radius 2 is 2.00 bits per heavy atom. The van der Waals surface area contributed by atoms with Crippen LogP contribution in [-0.2, 0) is 4.79 Å². The Labute approximate surface area is 129 Å². The highest BCUT2D eigenvalue weighted by atomic mass is 35.5. The molecule has 106 valence electrons. The van der Waals surface area contributed by atoms with Gasteiger partial charge in [0, 0.05) is 31.0 Å². The number of ketones is 1. The quantitative estimate of drug-likeness (QED) is 0.784. The van der Waals surface area contributed by atoms with E-state index in [2.05, 4.69) is 11.0 Å². The topological polar surface area (TPSA) is 20.3 Å². The molecule has 0 aliphatic carbocycles. The van der Waals surface area contributed by atoms with Gasteiger partial charge in [-0.1, -0.05) is 29.3 Å². The lowest BCUT2D eigenvalue weighted by atomic mass is 9.71. The Kier molecular flexibility index (Phi) is 3.10. The van der Waals surface area contributed by atoms with Gasteiger partial charge >= 0.3 is 0 Å². The summed E-state index contributed by atoms with van der Waals surface area (Å²) >= 11 is 12.2. The number of rotatable bonds is 1. The van der Waals surface area contributed by atoms with E-state index in [1.165, 1.54) is 18.4 Å². The lowest BCUT2D eigenvalue weighted by Gasteiger charge is -2.47. The van der Waals surface area contributed by atoms with Gasteiger partial charge in [-0.2, -0.15) is 0 Å². The van der Waals surface area contributed by atoms with E-state index >= 15 is 0 Å². The Bertz CT molecular complexity index is 574. The van der Waals surface area contributed by atoms with Gasteiger partial charge in [0.1, 0.15) is 5.78 Å². The zero-order valence-electron chi connectivity index (χ0n) is 11.2. The molecule has 3 aliphatic heterocycles. The van der Waals surface area contributed by atoms with Gasteiger partial charge in [0.25, 0.3) is 0 Å². The summed E-state index contributed by atoms with van der Waals surface area (Å²) < 4.78 is 0. The van der Waals surface area contributed by atoms with Crippen LogP contribution < -0.4 is 0 Å². The summed E-state index contributed by atoms with van der Waals surface area (Å²) in [5, 5.41) is 1.19. The molecule has 2 nitrogen and oxygen atoms in total. The van der Waals surface area contributed by atoms with Crippen molar-refractivity contribution in [2.24, 2.45) is 5.92 Å². The first-order chi connectivity index (χ1) is 9.65. The van der Waals surface area contributed by atoms with Crippen LogP contribution in [0.25, 0.3) is 0 Å². The monoisotopic (exact) mass is 309 g/mol. The fourth-order valence-electron chi connectivity index (χ4n) is 4.59. The molecule has 4 bridgehead atoms. The Balaban J connectivity index is 1.74. The molecule has 1 aromatic rings. The molecule has 3 saturated heterocycles. The predicted octanol–water partition coefficient (Wildman–Crippen LogP) is 3.90. The third kappa shape index (κ3) is 1.85. The van der Waals surface area contributed by atoms with Crippen LogP contribution in [-0.4, -0.2) is 29.3 Å². The van der Waals surface area contributed by atoms with Crippen LogP contribution in [0.4, 0.5) is 0 Å². The molecule has 5 atom stereocenters. The van der Waals surface area contributed by atoms with Crippen molar-refractivity contribution in [1.29, 1.82) is 0 Å². The minimum absolute atomic E-state index is 0.166. The van der Waals surface area contributed by atoms with Crippen molar-refractivity contribution >= 4 is 29.0 Å². The van der Waals surface area contributed by atoms with Gasteiger partial charge < -0.3 is 0 Å². The highest BCUT2D eigenvalue weighted by molar-refractivity contribution is 6.42. The predicted molar refractivity (Wildman–Crippen MR) is 80.5 cm³/mol. The summed E-state index contributed by atoms with van der Waals surface area (Å²) in [6.07, 6.45) is 4.23. The summed E-state index contributed by atoms with van der Waals surface area (Å²) in [5.74, 6) is 0.939. The van der Waals surface area contributed by atoms with Crippen molar-refractivity contribution < 1.29 is 4.79 Å². The van der Waals surface area contributed by atoms with Crippen LogP contribution in [0.5, 0.6) is 0 Å². The number of carbonyl (C=O) groups is 1. The fourth-order valence-corrected chi connectivity index (χ4v) is 4.90. The summed E-state index contributed by atoms with van der Waals surface area (Å²) in [5.41, 5.74) is 1.19. The number of hydrogen-bond donors (Lipinski definition) is 0. The number of carbonyl (C=O) groups excluding carboxylic acids is 1. The van der Waals surface area contributed by atoms with Crippen LogP contribution in [0.2, 0.25) is 10.0 Å². The average Bonchev–Trinajstić information content (AvgIpc) is 2.71. The number of piperidine rings is 2. The van der Waals surface area contributed by atoms with E-state index in [1.807, 2.05) is 12.1 Å². The molecule has 1 unspecified atom stereocenters. The molecule has 0 radical (unpaired) electrons. The number of halogens is 2. The van der Waals surface area contributed by atoms with Crippen molar-refractivity contribution in [3.8, 4) is 0 Å². The number of benzene rings is 1. The van der Waals surface area contributed by atoms with Gasteiger partial charge in [0.2, 0.25) is 0 Å². The molecule has 0 saturated carbocycles. The Morgan fingerprint density at radius 1 is 1.15 bits per heavy atom. The van der Waals surface area contributed by atoms with E-state index in [9.17, 15) is 4.79 Å². The smallest absolute Gasteiger partial charge is 0.139 e. The molecule has 20 heavy (non-hydrogen) atoms. The highest BCUT2D eigenvalue weighted by Gasteiger charge is 2.52. The van der Waals surface area contributed by atoms with E-state index in [0.717, 1.165) is 19.4 Å². The van der Waals surface area contributed by atoms with Gasteiger partial charge in [-0.3, -0.25) is 9.69 Å². The minimum atomic E-state index is 0.166. The number of hydrogen-bond acceptors (Lipinski definition) is 2. The van der Waals surface area contributed by atoms with Gasteiger partial charge in [-0.15, -0.1) is 0 Å². The van der Waals surface area contributed by atoms with Crippen LogP contribution >= 0.6 is 23.2 Å². The first-order valence-electron chi connectivity index (χ1n) is 7.38. The largest absolute Gasteiger partial charge is 0.299 e. The average molecular weight is 310 g/mol. The second kappa shape index (κ2) is 4.72. The molecule has 0 amide bonds. The first kappa shape index (κ1) is 13.1. The van der Waals surface area contributed by atoms with Crippen LogP contribution in [0, 0.1) is 5.92 Å². The first-order valence-corrected chi connectivity index (χ1v) is 8.14. The van der Waals surface area contributed by atoms with Gasteiger partial charge in [-0.05, 0) is 42.9 Å². The second-order valence-electron chi connectivity index (χ2n) is 6.29. The maximum atomic E-state index is 12.4. The maximum Gasteiger partial charge on any atom is 0.139 e. The number of Topliss-reactive ketones (excluding diaryl/α,β-unsaturated/α-hetero) is 1.